The number of hydrogen-bond acceptors (Lipinski definition) is 7. The third-order valence-electron chi connectivity index (χ3n) is 1.66. The van der Waals surface area contributed by atoms with Crippen LogP contribution in [0.2, 0.25) is 0 Å². The lowest BCUT2D eigenvalue weighted by Gasteiger charge is -2.07. The molecule has 9 heteroatoms. The molecule has 0 heterocycles. The zero-order chi connectivity index (χ0) is 12.8. The van der Waals surface area contributed by atoms with Crippen molar-refractivity contribution in [2.24, 2.45) is 0 Å². The van der Waals surface area contributed by atoms with Crippen molar-refractivity contribution in [3.8, 4) is 5.75 Å². The molecule has 0 aliphatic carbocycles. The molecule has 0 fully saturated rings. The number of rotatable bonds is 5. The molecule has 92 valence electrons. The van der Waals surface area contributed by atoms with Crippen LogP contribution >= 0.6 is 0 Å². The van der Waals surface area contributed by atoms with Crippen LogP contribution < -0.4 is 4.89 Å². The zero-order valence-electron chi connectivity index (χ0n) is 8.62. The molecule has 0 unspecified atom stereocenters. The molecule has 1 aromatic rings. The normalized spacial score (nSPS) is 9.88. The topological polar surface area (TPSA) is 94.5 Å². The van der Waals surface area contributed by atoms with E-state index in [4.69, 9.17) is 10.3 Å². The van der Waals surface area contributed by atoms with Crippen LogP contribution in [-0.4, -0.2) is 30.7 Å². The first-order valence-electron chi connectivity index (χ1n) is 4.28. The van der Waals surface area contributed by atoms with Crippen molar-refractivity contribution in [1.82, 2.24) is 0 Å². The van der Waals surface area contributed by atoms with E-state index < -0.39 is 24.9 Å². The van der Waals surface area contributed by atoms with Crippen molar-refractivity contribution in [2.45, 2.75) is 0 Å². The van der Waals surface area contributed by atoms with Gasteiger partial charge in [0.15, 0.2) is 11.6 Å². The van der Waals surface area contributed by atoms with Crippen LogP contribution in [0.4, 0.5) is 4.39 Å². The van der Waals surface area contributed by atoms with Crippen molar-refractivity contribution in [3.63, 3.8) is 0 Å². The molecule has 1 aromatic carbocycles. The van der Waals surface area contributed by atoms with E-state index in [0.717, 1.165) is 19.2 Å². The summed E-state index contributed by atoms with van der Waals surface area (Å²) in [6, 6.07) is 3.11. The molecule has 0 saturated carbocycles. The largest absolute Gasteiger partial charge is 0.703 e. The van der Waals surface area contributed by atoms with E-state index in [1.807, 2.05) is 0 Å². The summed E-state index contributed by atoms with van der Waals surface area (Å²) in [5, 5.41) is 16.5. The van der Waals surface area contributed by atoms with E-state index in [-0.39, 0.29) is 5.56 Å². The van der Waals surface area contributed by atoms with Crippen molar-refractivity contribution < 1.29 is 38.7 Å². The van der Waals surface area contributed by atoms with E-state index in [1.54, 1.807) is 0 Å². The Morgan fingerprint density at radius 1 is 1.47 bits per heavy atom. The maximum absolute atomic E-state index is 13.1. The van der Waals surface area contributed by atoms with Crippen molar-refractivity contribution in [1.29, 1.82) is 0 Å². The summed E-state index contributed by atoms with van der Waals surface area (Å²) < 4.78 is 17.6. The number of benzene rings is 1. The number of carbonyl (C=O) groups is 1. The predicted molar refractivity (Wildman–Crippen MR) is 51.1 cm³/mol. The molecule has 0 amide bonds. The molecular formula is C8H8BFO7. The Hall–Kier alpha value is -1.68. The van der Waals surface area contributed by atoms with Gasteiger partial charge in [0.1, 0.15) is 0 Å². The summed E-state index contributed by atoms with van der Waals surface area (Å²) in [5.41, 5.74) is 0.0203. The molecular weight excluding hydrogens is 238 g/mol. The van der Waals surface area contributed by atoms with Crippen molar-refractivity contribution in [3.05, 3.63) is 29.6 Å². The van der Waals surface area contributed by atoms with Gasteiger partial charge in [-0.3, -0.25) is 5.26 Å². The molecule has 0 saturated heterocycles. The summed E-state index contributed by atoms with van der Waals surface area (Å²) in [6.07, 6.45) is 0. The van der Waals surface area contributed by atoms with Gasteiger partial charge in [0.05, 0.1) is 12.7 Å². The Kier molecular flexibility index (Phi) is 4.85. The second-order valence-electron chi connectivity index (χ2n) is 2.73. The Labute approximate surface area is 95.3 Å². The number of esters is 1. The van der Waals surface area contributed by atoms with Crippen LogP contribution in [0, 0.1) is 5.82 Å². The summed E-state index contributed by atoms with van der Waals surface area (Å²) >= 11 is 0. The Morgan fingerprint density at radius 2 is 2.18 bits per heavy atom. The highest BCUT2D eigenvalue weighted by atomic mass is 19.1. The molecule has 0 aliphatic heterocycles. The highest BCUT2D eigenvalue weighted by Gasteiger charge is 2.20. The average molecular weight is 246 g/mol. The van der Waals surface area contributed by atoms with Gasteiger partial charge in [0.25, 0.3) is 0 Å². The maximum atomic E-state index is 13.1. The third kappa shape index (κ3) is 3.68. The van der Waals surface area contributed by atoms with Crippen molar-refractivity contribution in [2.75, 3.05) is 7.11 Å². The number of hydrogen-bond donors (Lipinski definition) is 2. The molecule has 7 nitrogen and oxygen atoms in total. The average Bonchev–Trinajstić information content (AvgIpc) is 2.36. The van der Waals surface area contributed by atoms with Crippen molar-refractivity contribution >= 4 is 13.3 Å². The molecule has 0 radical (unpaired) electrons. The first-order valence-corrected chi connectivity index (χ1v) is 4.28. The van der Waals surface area contributed by atoms with Crippen LogP contribution in [-0.2, 0) is 14.3 Å². The van der Waals surface area contributed by atoms with Gasteiger partial charge in [0, 0.05) is 6.07 Å². The zero-order valence-corrected chi connectivity index (χ0v) is 8.62. The van der Waals surface area contributed by atoms with E-state index in [0.29, 0.717) is 0 Å². The van der Waals surface area contributed by atoms with Crippen LogP contribution in [0.1, 0.15) is 10.4 Å². The molecule has 17 heavy (non-hydrogen) atoms. The van der Waals surface area contributed by atoms with Gasteiger partial charge in [0.2, 0.25) is 0 Å². The minimum Gasteiger partial charge on any atom is -0.465 e. The molecule has 0 spiro atoms. The number of ether oxygens (including phenoxy) is 1. The summed E-state index contributed by atoms with van der Waals surface area (Å²) in [6.45, 7) is 0. The molecule has 0 atom stereocenters. The SMILES string of the molecule is COC(=O)c1ccc(F)c(OOB(O)OO)c1. The van der Waals surface area contributed by atoms with Crippen LogP contribution in [0.25, 0.3) is 0 Å². The first kappa shape index (κ1) is 13.4. The summed E-state index contributed by atoms with van der Waals surface area (Å²) in [5.74, 6) is -2.03. The quantitative estimate of drug-likeness (QED) is 0.335. The van der Waals surface area contributed by atoms with E-state index >= 15 is 0 Å². The van der Waals surface area contributed by atoms with E-state index in [9.17, 15) is 9.18 Å². The molecule has 1 rings (SSSR count). The smallest absolute Gasteiger partial charge is 0.465 e. The lowest BCUT2D eigenvalue weighted by atomic mass is 10.2. The number of halogens is 1. The summed E-state index contributed by atoms with van der Waals surface area (Å²) in [4.78, 5) is 22.7. The molecule has 0 aromatic heterocycles. The van der Waals surface area contributed by atoms with Gasteiger partial charge in [-0.25, -0.2) is 14.0 Å². The van der Waals surface area contributed by atoms with Gasteiger partial charge >= 0.3 is 13.3 Å². The lowest BCUT2D eigenvalue weighted by Crippen LogP contribution is -2.23. The fourth-order valence-electron chi connectivity index (χ4n) is 0.923. The highest BCUT2D eigenvalue weighted by molar-refractivity contribution is 6.33. The van der Waals surface area contributed by atoms with Gasteiger partial charge in [-0.2, -0.15) is 4.81 Å². The van der Waals surface area contributed by atoms with E-state index in [2.05, 4.69) is 19.2 Å². The van der Waals surface area contributed by atoms with Gasteiger partial charge in [-0.15, -0.1) is 0 Å². The predicted octanol–water partition coefficient (Wildman–Crippen LogP) is 0.389. The standard InChI is InChI=1S/C8H8BFO7/c1-14-8(11)5-2-3-6(10)7(4-5)15-17-9(12)16-13/h2-4,12-13H,1H3. The molecule has 2 N–H and O–H groups in total. The molecule has 0 bridgehead atoms. The fourth-order valence-corrected chi connectivity index (χ4v) is 0.923. The van der Waals surface area contributed by atoms with E-state index in [1.165, 1.54) is 6.07 Å². The maximum Gasteiger partial charge on any atom is 0.703 e. The minimum atomic E-state index is -2.10. The molecule has 0 aliphatic rings. The number of carbonyl (C=O) groups excluding carboxylic acids is 1. The fraction of sp³-hybridized carbons (Fsp3) is 0.125. The van der Waals surface area contributed by atoms with Gasteiger partial charge < -0.3 is 14.6 Å². The van der Waals surface area contributed by atoms with Crippen LogP contribution in [0.5, 0.6) is 5.75 Å². The van der Waals surface area contributed by atoms with Crippen LogP contribution in [0.3, 0.4) is 0 Å². The second kappa shape index (κ2) is 6.16. The Balaban J connectivity index is 2.80. The summed E-state index contributed by atoms with van der Waals surface area (Å²) in [7, 11) is -0.942. The highest BCUT2D eigenvalue weighted by Crippen LogP contribution is 2.19. The number of methoxy groups -OCH3 is 1. The second-order valence-corrected chi connectivity index (χ2v) is 2.73. The minimum absolute atomic E-state index is 0.0203. The Bertz CT molecular complexity index is 399. The van der Waals surface area contributed by atoms with Gasteiger partial charge in [-0.1, -0.05) is 0 Å². The Morgan fingerprint density at radius 3 is 2.76 bits per heavy atom. The monoisotopic (exact) mass is 246 g/mol. The first-order chi connectivity index (χ1) is 8.08. The van der Waals surface area contributed by atoms with Crippen LogP contribution in [0.15, 0.2) is 18.2 Å². The lowest BCUT2D eigenvalue weighted by molar-refractivity contribution is -0.229. The third-order valence-corrected chi connectivity index (χ3v) is 1.66. The van der Waals surface area contributed by atoms with Gasteiger partial charge in [-0.05, 0) is 12.1 Å².